The molecule has 1 saturated heterocycles. The molecule has 0 saturated carbocycles. The number of hydrogen-bond donors (Lipinski definition) is 1. The molecule has 1 unspecified atom stereocenters. The van der Waals surface area contributed by atoms with Crippen LogP contribution in [0.4, 0.5) is 14.5 Å². The zero-order chi connectivity index (χ0) is 12.5. The van der Waals surface area contributed by atoms with Gasteiger partial charge in [0.05, 0.1) is 5.69 Å². The van der Waals surface area contributed by atoms with Gasteiger partial charge in [-0.2, -0.15) is 11.8 Å². The van der Waals surface area contributed by atoms with E-state index in [4.69, 9.17) is 0 Å². The molecule has 4 heteroatoms. The maximum absolute atomic E-state index is 13.5. The molecule has 0 amide bonds. The van der Waals surface area contributed by atoms with Crippen LogP contribution in [0.25, 0.3) is 0 Å². The minimum absolute atomic E-state index is 0.145. The maximum Gasteiger partial charge on any atom is 0.149 e. The molecule has 1 atom stereocenters. The van der Waals surface area contributed by atoms with Crippen LogP contribution in [0.3, 0.4) is 0 Å². The Hall–Kier alpha value is -0.770. The van der Waals surface area contributed by atoms with E-state index in [0.29, 0.717) is 5.69 Å². The van der Waals surface area contributed by atoms with Crippen LogP contribution >= 0.6 is 11.8 Å². The first-order valence-electron chi connectivity index (χ1n) is 5.78. The third-order valence-electron chi connectivity index (χ3n) is 3.38. The van der Waals surface area contributed by atoms with Crippen LogP contribution in [0.1, 0.15) is 20.3 Å². The highest BCUT2D eigenvalue weighted by atomic mass is 32.2. The van der Waals surface area contributed by atoms with Crippen molar-refractivity contribution in [3.63, 3.8) is 0 Å². The largest absolute Gasteiger partial charge is 0.379 e. The lowest BCUT2D eigenvalue weighted by molar-refractivity contribution is 0.304. The van der Waals surface area contributed by atoms with Crippen LogP contribution in [0, 0.1) is 17.0 Å². The molecule has 1 nitrogen and oxygen atoms in total. The smallest absolute Gasteiger partial charge is 0.149 e. The molecular weight excluding hydrogens is 240 g/mol. The molecule has 1 aromatic carbocycles. The summed E-state index contributed by atoms with van der Waals surface area (Å²) in [6.07, 6.45) is 1.11. The van der Waals surface area contributed by atoms with Crippen molar-refractivity contribution in [2.45, 2.75) is 26.3 Å². The molecule has 94 valence electrons. The number of hydrogen-bond acceptors (Lipinski definition) is 2. The summed E-state index contributed by atoms with van der Waals surface area (Å²) in [5.41, 5.74) is 0.540. The lowest BCUT2D eigenvalue weighted by Gasteiger charge is -2.39. The Balaban J connectivity index is 2.14. The van der Waals surface area contributed by atoms with Crippen molar-refractivity contribution in [1.29, 1.82) is 0 Å². The van der Waals surface area contributed by atoms with Gasteiger partial charge >= 0.3 is 0 Å². The summed E-state index contributed by atoms with van der Waals surface area (Å²) in [5, 5.41) is 3.20. The lowest BCUT2D eigenvalue weighted by Crippen LogP contribution is -2.41. The molecule has 2 rings (SSSR count). The Morgan fingerprint density at radius 3 is 2.76 bits per heavy atom. The average Bonchev–Trinajstić information content (AvgIpc) is 2.24. The van der Waals surface area contributed by atoms with Crippen molar-refractivity contribution in [2.24, 2.45) is 5.41 Å². The summed E-state index contributed by atoms with van der Waals surface area (Å²) < 4.78 is 26.4. The van der Waals surface area contributed by atoms with Crippen molar-refractivity contribution in [3.05, 3.63) is 29.8 Å². The first-order valence-corrected chi connectivity index (χ1v) is 6.94. The number of halogens is 2. The molecule has 1 heterocycles. The van der Waals surface area contributed by atoms with E-state index in [-0.39, 0.29) is 11.5 Å². The fraction of sp³-hybridized carbons (Fsp3) is 0.538. The van der Waals surface area contributed by atoms with E-state index >= 15 is 0 Å². The molecule has 0 spiro atoms. The Kier molecular flexibility index (Phi) is 3.61. The molecule has 1 fully saturated rings. The number of nitrogens with one attached hydrogen (secondary N) is 1. The number of benzene rings is 1. The summed E-state index contributed by atoms with van der Waals surface area (Å²) in [6, 6.07) is 3.90. The molecule has 1 aliphatic heterocycles. The third kappa shape index (κ3) is 2.92. The zero-order valence-electron chi connectivity index (χ0n) is 10.1. The highest BCUT2D eigenvalue weighted by Gasteiger charge is 2.32. The third-order valence-corrected chi connectivity index (χ3v) is 4.44. The second-order valence-electron chi connectivity index (χ2n) is 5.13. The highest BCUT2D eigenvalue weighted by Crippen LogP contribution is 2.36. The number of rotatable bonds is 2. The van der Waals surface area contributed by atoms with E-state index in [2.05, 4.69) is 19.2 Å². The number of anilines is 1. The van der Waals surface area contributed by atoms with Gasteiger partial charge in [-0.15, -0.1) is 0 Å². The average molecular weight is 257 g/mol. The molecule has 0 bridgehead atoms. The van der Waals surface area contributed by atoms with Crippen LogP contribution < -0.4 is 5.32 Å². The van der Waals surface area contributed by atoms with E-state index in [1.54, 1.807) is 0 Å². The van der Waals surface area contributed by atoms with E-state index in [9.17, 15) is 8.78 Å². The van der Waals surface area contributed by atoms with Gasteiger partial charge < -0.3 is 5.32 Å². The van der Waals surface area contributed by atoms with Crippen LogP contribution in [-0.2, 0) is 0 Å². The van der Waals surface area contributed by atoms with E-state index in [1.165, 1.54) is 12.1 Å². The van der Waals surface area contributed by atoms with Gasteiger partial charge in [-0.05, 0) is 29.7 Å². The van der Waals surface area contributed by atoms with Gasteiger partial charge in [0.1, 0.15) is 11.6 Å². The quantitative estimate of drug-likeness (QED) is 0.862. The predicted molar refractivity (Wildman–Crippen MR) is 69.5 cm³/mol. The molecule has 0 radical (unpaired) electrons. The highest BCUT2D eigenvalue weighted by molar-refractivity contribution is 7.99. The van der Waals surface area contributed by atoms with Crippen molar-refractivity contribution in [2.75, 3.05) is 16.8 Å². The van der Waals surface area contributed by atoms with Crippen molar-refractivity contribution in [1.82, 2.24) is 0 Å². The zero-order valence-corrected chi connectivity index (χ0v) is 10.9. The predicted octanol–water partition coefficient (Wildman–Crippen LogP) is 3.91. The van der Waals surface area contributed by atoms with E-state index < -0.39 is 11.6 Å². The van der Waals surface area contributed by atoms with E-state index in [1.807, 2.05) is 11.8 Å². The Labute approximate surface area is 105 Å². The van der Waals surface area contributed by atoms with Crippen molar-refractivity contribution in [3.8, 4) is 0 Å². The summed E-state index contributed by atoms with van der Waals surface area (Å²) in [4.78, 5) is 0. The van der Waals surface area contributed by atoms with Gasteiger partial charge in [-0.25, -0.2) is 8.78 Å². The Morgan fingerprint density at radius 2 is 2.12 bits per heavy atom. The van der Waals surface area contributed by atoms with Crippen LogP contribution in [0.15, 0.2) is 18.2 Å². The van der Waals surface area contributed by atoms with E-state index in [0.717, 1.165) is 24.0 Å². The first kappa shape index (κ1) is 12.7. The minimum atomic E-state index is -0.537. The molecule has 17 heavy (non-hydrogen) atoms. The molecule has 1 aromatic rings. The van der Waals surface area contributed by atoms with Gasteiger partial charge in [0.15, 0.2) is 0 Å². The van der Waals surface area contributed by atoms with Gasteiger partial charge in [0, 0.05) is 17.9 Å². The molecule has 1 N–H and O–H groups in total. The standard InChI is InChI=1S/C13H17F2NS/c1-13(2)5-6-17-8-12(13)16-11-4-3-9(14)7-10(11)15/h3-4,7,12,16H,5-6,8H2,1-2H3. The maximum atomic E-state index is 13.5. The second kappa shape index (κ2) is 4.84. The van der Waals surface area contributed by atoms with Gasteiger partial charge in [0.2, 0.25) is 0 Å². The SMILES string of the molecule is CC1(C)CCSCC1Nc1ccc(F)cc1F. The molecular formula is C13H17F2NS. The molecule has 1 aliphatic rings. The summed E-state index contributed by atoms with van der Waals surface area (Å²) >= 11 is 1.87. The van der Waals surface area contributed by atoms with Crippen molar-refractivity contribution >= 4 is 17.4 Å². The summed E-state index contributed by atoms with van der Waals surface area (Å²) in [6.45, 7) is 4.37. The Bertz CT molecular complexity index is 406. The second-order valence-corrected chi connectivity index (χ2v) is 6.28. The first-order chi connectivity index (χ1) is 7.99. The van der Waals surface area contributed by atoms with Gasteiger partial charge in [-0.1, -0.05) is 13.8 Å². The van der Waals surface area contributed by atoms with Crippen LogP contribution in [0.5, 0.6) is 0 Å². The molecule has 0 aliphatic carbocycles. The van der Waals surface area contributed by atoms with Crippen LogP contribution in [0.2, 0.25) is 0 Å². The Morgan fingerprint density at radius 1 is 1.35 bits per heavy atom. The normalized spacial score (nSPS) is 23.4. The lowest BCUT2D eigenvalue weighted by atomic mass is 9.82. The fourth-order valence-corrected chi connectivity index (χ4v) is 3.57. The van der Waals surface area contributed by atoms with Crippen molar-refractivity contribution < 1.29 is 8.78 Å². The van der Waals surface area contributed by atoms with Crippen LogP contribution in [-0.4, -0.2) is 17.5 Å². The fourth-order valence-electron chi connectivity index (χ4n) is 1.97. The summed E-state index contributed by atoms with van der Waals surface area (Å²) in [5.74, 6) is 1.06. The molecule has 0 aromatic heterocycles. The van der Waals surface area contributed by atoms with Gasteiger partial charge in [-0.3, -0.25) is 0 Å². The monoisotopic (exact) mass is 257 g/mol. The number of thioether (sulfide) groups is 1. The topological polar surface area (TPSA) is 12.0 Å². The van der Waals surface area contributed by atoms with Gasteiger partial charge in [0.25, 0.3) is 0 Å². The summed E-state index contributed by atoms with van der Waals surface area (Å²) in [7, 11) is 0. The minimum Gasteiger partial charge on any atom is -0.379 e.